The summed E-state index contributed by atoms with van der Waals surface area (Å²) in [6.45, 7) is 18.4. The monoisotopic (exact) mass is 682 g/mol. The molecule has 3 aromatic rings. The van der Waals surface area contributed by atoms with E-state index < -0.39 is 18.2 Å². The van der Waals surface area contributed by atoms with Crippen molar-refractivity contribution in [3.05, 3.63) is 53.1 Å². The SMILES string of the molecule is CCOc1cc(OCC)c2c(c1)O[C@H](c1cc(OCC)c(OCC)c(OCC)c1)[C@H](OC(=O)c1cc(OCC)c(OCC)c(OCC)c1)C2. The first-order chi connectivity index (χ1) is 23.8. The van der Waals surface area contributed by atoms with Gasteiger partial charge in [-0.2, -0.15) is 0 Å². The van der Waals surface area contributed by atoms with Gasteiger partial charge in [0.15, 0.2) is 29.1 Å². The molecule has 0 fully saturated rings. The molecule has 1 heterocycles. The van der Waals surface area contributed by atoms with Crippen LogP contribution in [0, 0.1) is 0 Å². The minimum Gasteiger partial charge on any atom is -0.494 e. The summed E-state index contributed by atoms with van der Waals surface area (Å²) in [6, 6.07) is 10.6. The molecule has 2 atom stereocenters. The summed E-state index contributed by atoms with van der Waals surface area (Å²) in [5.74, 6) is 3.89. The van der Waals surface area contributed by atoms with Gasteiger partial charge in [0.25, 0.3) is 0 Å². The lowest BCUT2D eigenvalue weighted by Gasteiger charge is -2.35. The fourth-order valence-corrected chi connectivity index (χ4v) is 5.63. The Balaban J connectivity index is 1.85. The Kier molecular flexibility index (Phi) is 13.8. The van der Waals surface area contributed by atoms with Gasteiger partial charge in [-0.15, -0.1) is 0 Å². The van der Waals surface area contributed by atoms with Gasteiger partial charge in [0, 0.05) is 29.7 Å². The van der Waals surface area contributed by atoms with E-state index in [2.05, 4.69) is 0 Å². The van der Waals surface area contributed by atoms with Gasteiger partial charge in [0.05, 0.1) is 58.4 Å². The average molecular weight is 683 g/mol. The number of esters is 1. The van der Waals surface area contributed by atoms with Crippen molar-refractivity contribution in [3.63, 3.8) is 0 Å². The molecule has 1 aliphatic rings. The van der Waals surface area contributed by atoms with Gasteiger partial charge in [0.1, 0.15) is 23.4 Å². The smallest absolute Gasteiger partial charge is 0.338 e. The van der Waals surface area contributed by atoms with Crippen LogP contribution in [0.3, 0.4) is 0 Å². The highest BCUT2D eigenvalue weighted by Crippen LogP contribution is 2.47. The molecule has 0 saturated carbocycles. The Hall–Kier alpha value is -4.67. The summed E-state index contributed by atoms with van der Waals surface area (Å²) in [4.78, 5) is 14.1. The summed E-state index contributed by atoms with van der Waals surface area (Å²) in [5.41, 5.74) is 1.68. The second kappa shape index (κ2) is 18.2. The quantitative estimate of drug-likeness (QED) is 0.116. The number of rotatable bonds is 19. The molecular formula is C38H50O11. The van der Waals surface area contributed by atoms with Crippen LogP contribution >= 0.6 is 0 Å². The van der Waals surface area contributed by atoms with Crippen LogP contribution in [-0.2, 0) is 11.2 Å². The predicted molar refractivity (Wildman–Crippen MR) is 185 cm³/mol. The first-order valence-electron chi connectivity index (χ1n) is 17.3. The van der Waals surface area contributed by atoms with Crippen molar-refractivity contribution in [2.24, 2.45) is 0 Å². The van der Waals surface area contributed by atoms with Crippen LogP contribution in [0.5, 0.6) is 51.7 Å². The number of carbonyl (C=O) groups excluding carboxylic acids is 1. The van der Waals surface area contributed by atoms with Crippen LogP contribution in [0.1, 0.15) is 83.0 Å². The maximum absolute atomic E-state index is 14.1. The van der Waals surface area contributed by atoms with Crippen LogP contribution in [0.15, 0.2) is 36.4 Å². The third-order valence-electron chi connectivity index (χ3n) is 7.41. The fourth-order valence-electron chi connectivity index (χ4n) is 5.63. The molecule has 1 aliphatic heterocycles. The number of benzene rings is 3. The molecule has 4 rings (SSSR count). The number of fused-ring (bicyclic) bond motifs is 1. The number of hydrogen-bond donors (Lipinski definition) is 0. The van der Waals surface area contributed by atoms with Crippen molar-refractivity contribution in [1.29, 1.82) is 0 Å². The van der Waals surface area contributed by atoms with Crippen molar-refractivity contribution in [3.8, 4) is 51.7 Å². The van der Waals surface area contributed by atoms with Gasteiger partial charge in [0.2, 0.25) is 11.5 Å². The maximum atomic E-state index is 14.1. The van der Waals surface area contributed by atoms with E-state index in [9.17, 15) is 4.79 Å². The number of hydrogen-bond acceptors (Lipinski definition) is 11. The van der Waals surface area contributed by atoms with Crippen molar-refractivity contribution >= 4 is 5.97 Å². The molecule has 0 N–H and O–H groups in total. The molecule has 0 aliphatic carbocycles. The Morgan fingerprint density at radius 3 is 1.49 bits per heavy atom. The first-order valence-corrected chi connectivity index (χ1v) is 17.3. The van der Waals surface area contributed by atoms with Crippen molar-refractivity contribution in [2.45, 2.75) is 74.0 Å². The summed E-state index contributed by atoms with van der Waals surface area (Å²) < 4.78 is 60.5. The largest absolute Gasteiger partial charge is 0.494 e. The Morgan fingerprint density at radius 2 is 1.02 bits per heavy atom. The third-order valence-corrected chi connectivity index (χ3v) is 7.41. The molecule has 0 amide bonds. The second-order valence-corrected chi connectivity index (χ2v) is 10.7. The van der Waals surface area contributed by atoms with Crippen LogP contribution in [0.4, 0.5) is 0 Å². The van der Waals surface area contributed by atoms with E-state index in [-0.39, 0.29) is 5.56 Å². The van der Waals surface area contributed by atoms with E-state index >= 15 is 0 Å². The molecule has 0 spiro atoms. The summed E-state index contributed by atoms with van der Waals surface area (Å²) in [6.07, 6.45) is -1.27. The summed E-state index contributed by atoms with van der Waals surface area (Å²) in [5, 5.41) is 0. The second-order valence-electron chi connectivity index (χ2n) is 10.7. The van der Waals surface area contributed by atoms with Crippen molar-refractivity contribution in [2.75, 3.05) is 52.9 Å². The van der Waals surface area contributed by atoms with Crippen LogP contribution in [-0.4, -0.2) is 64.9 Å². The Morgan fingerprint density at radius 1 is 0.571 bits per heavy atom. The first kappa shape index (κ1) is 37.2. The van der Waals surface area contributed by atoms with E-state index in [4.69, 9.17) is 47.4 Å². The summed E-state index contributed by atoms with van der Waals surface area (Å²) in [7, 11) is 0. The number of ether oxygens (including phenoxy) is 10. The third kappa shape index (κ3) is 8.87. The van der Waals surface area contributed by atoms with Gasteiger partial charge in [-0.3, -0.25) is 0 Å². The normalized spacial score (nSPS) is 14.9. The highest BCUT2D eigenvalue weighted by Gasteiger charge is 2.38. The van der Waals surface area contributed by atoms with Gasteiger partial charge in [-0.05, 0) is 79.7 Å². The highest BCUT2D eigenvalue weighted by atomic mass is 16.6. The Bertz CT molecular complexity index is 1480. The van der Waals surface area contributed by atoms with Crippen LogP contribution in [0.2, 0.25) is 0 Å². The van der Waals surface area contributed by atoms with E-state index in [0.717, 1.165) is 5.56 Å². The van der Waals surface area contributed by atoms with E-state index in [1.54, 1.807) is 12.1 Å². The standard InChI is InChI=1S/C38H50O11/c1-9-40-26-21-28(41-10-2)27-23-34(49-38(39)25-19-32(44-13-5)37(47-16-8)33(20-25)45-14-6)35(48-29(27)22-26)24-17-30(42-11-3)36(46-15-7)31(18-24)43-12-4/h17-22,34-35H,9-16,23H2,1-8H3/t34-,35-/m1/s1. The molecule has 0 aromatic heterocycles. The Labute approximate surface area is 289 Å². The van der Waals surface area contributed by atoms with Crippen LogP contribution < -0.4 is 42.6 Å². The molecule has 49 heavy (non-hydrogen) atoms. The lowest BCUT2D eigenvalue weighted by Crippen LogP contribution is -2.35. The minimum absolute atomic E-state index is 0.244. The van der Waals surface area contributed by atoms with Gasteiger partial charge >= 0.3 is 5.97 Å². The molecular weight excluding hydrogens is 632 g/mol. The minimum atomic E-state index is -0.795. The molecule has 0 saturated heterocycles. The summed E-state index contributed by atoms with van der Waals surface area (Å²) >= 11 is 0. The molecule has 0 bridgehead atoms. The van der Waals surface area contributed by atoms with Crippen molar-refractivity contribution in [1.82, 2.24) is 0 Å². The zero-order valence-electron chi connectivity index (χ0n) is 30.0. The van der Waals surface area contributed by atoms with E-state index in [1.165, 1.54) is 0 Å². The van der Waals surface area contributed by atoms with Gasteiger partial charge < -0.3 is 47.4 Å². The molecule has 11 heteroatoms. The van der Waals surface area contributed by atoms with Gasteiger partial charge in [-0.1, -0.05) is 0 Å². The maximum Gasteiger partial charge on any atom is 0.338 e. The van der Waals surface area contributed by atoms with Crippen molar-refractivity contribution < 1.29 is 52.2 Å². The van der Waals surface area contributed by atoms with Gasteiger partial charge in [-0.25, -0.2) is 4.79 Å². The molecule has 0 radical (unpaired) electrons. The zero-order valence-corrected chi connectivity index (χ0v) is 30.0. The van der Waals surface area contributed by atoms with E-state index in [1.807, 2.05) is 79.7 Å². The molecule has 268 valence electrons. The highest BCUT2D eigenvalue weighted by molar-refractivity contribution is 5.91. The topological polar surface area (TPSA) is 109 Å². The number of carbonyl (C=O) groups is 1. The molecule has 11 nitrogen and oxygen atoms in total. The fraction of sp³-hybridized carbons (Fsp3) is 0.500. The molecule has 3 aromatic carbocycles. The lowest BCUT2D eigenvalue weighted by atomic mass is 9.93. The van der Waals surface area contributed by atoms with E-state index in [0.29, 0.717) is 117 Å². The average Bonchev–Trinajstić information content (AvgIpc) is 3.08. The lowest BCUT2D eigenvalue weighted by molar-refractivity contribution is -0.0190. The zero-order chi connectivity index (χ0) is 35.3. The predicted octanol–water partition coefficient (Wildman–Crippen LogP) is 7.78. The molecule has 0 unspecified atom stereocenters. The van der Waals surface area contributed by atoms with Crippen LogP contribution in [0.25, 0.3) is 0 Å².